The molecular formula is C19H18N2O2. The molecule has 4 nitrogen and oxygen atoms in total. The van der Waals surface area contributed by atoms with E-state index in [9.17, 15) is 9.59 Å². The van der Waals surface area contributed by atoms with E-state index in [4.69, 9.17) is 0 Å². The van der Waals surface area contributed by atoms with Crippen LogP contribution in [0.3, 0.4) is 0 Å². The third-order valence-corrected chi connectivity index (χ3v) is 3.98. The molecule has 0 spiro atoms. The molecule has 0 fully saturated rings. The Balaban J connectivity index is 1.98. The Morgan fingerprint density at radius 2 is 1.78 bits per heavy atom. The first-order valence-corrected chi connectivity index (χ1v) is 7.47. The second-order valence-corrected chi connectivity index (χ2v) is 5.71. The molecule has 0 aliphatic carbocycles. The van der Waals surface area contributed by atoms with Crippen LogP contribution in [0.1, 0.15) is 38.9 Å². The second kappa shape index (κ2) is 5.72. The first-order chi connectivity index (χ1) is 11.0. The van der Waals surface area contributed by atoms with E-state index in [1.165, 1.54) is 6.92 Å². The van der Waals surface area contributed by atoms with Crippen LogP contribution in [0.5, 0.6) is 0 Å². The third kappa shape index (κ3) is 2.75. The number of nitrogens with one attached hydrogen (secondary N) is 2. The van der Waals surface area contributed by atoms with Crippen molar-refractivity contribution in [2.75, 3.05) is 5.32 Å². The summed E-state index contributed by atoms with van der Waals surface area (Å²) < 4.78 is 0. The van der Waals surface area contributed by atoms with Crippen LogP contribution in [0, 0.1) is 13.8 Å². The van der Waals surface area contributed by atoms with E-state index < -0.39 is 0 Å². The molecule has 0 saturated heterocycles. The molecule has 0 bridgehead atoms. The number of aromatic amines is 1. The summed E-state index contributed by atoms with van der Waals surface area (Å²) in [6.45, 7) is 5.41. The standard InChI is InChI=1S/C19H18N2O2/c1-11-6-4-9-16-17(12(2)20-18(11)16)19(23)21-15-8-5-7-14(10-15)13(3)22/h4-10,20H,1-3H3,(H,21,23). The van der Waals surface area contributed by atoms with E-state index in [1.54, 1.807) is 24.3 Å². The summed E-state index contributed by atoms with van der Waals surface area (Å²) >= 11 is 0. The number of fused-ring (bicyclic) bond motifs is 1. The maximum atomic E-state index is 12.7. The average molecular weight is 306 g/mol. The molecule has 0 saturated carbocycles. The van der Waals surface area contributed by atoms with Gasteiger partial charge in [0, 0.05) is 27.8 Å². The van der Waals surface area contributed by atoms with Crippen LogP contribution in [-0.2, 0) is 0 Å². The molecular weight excluding hydrogens is 288 g/mol. The zero-order valence-corrected chi connectivity index (χ0v) is 13.4. The number of hydrogen-bond acceptors (Lipinski definition) is 2. The van der Waals surface area contributed by atoms with Gasteiger partial charge in [-0.15, -0.1) is 0 Å². The fraction of sp³-hybridized carbons (Fsp3) is 0.158. The molecule has 1 heterocycles. The number of benzene rings is 2. The lowest BCUT2D eigenvalue weighted by Crippen LogP contribution is -2.13. The third-order valence-electron chi connectivity index (χ3n) is 3.98. The first kappa shape index (κ1) is 15.0. The Bertz CT molecular complexity index is 922. The highest BCUT2D eigenvalue weighted by atomic mass is 16.1. The number of anilines is 1. The zero-order chi connectivity index (χ0) is 16.6. The maximum absolute atomic E-state index is 12.7. The minimum Gasteiger partial charge on any atom is -0.358 e. The molecule has 3 rings (SSSR count). The summed E-state index contributed by atoms with van der Waals surface area (Å²) in [5, 5.41) is 3.79. The van der Waals surface area contributed by atoms with Crippen LogP contribution in [0.2, 0.25) is 0 Å². The number of aromatic nitrogens is 1. The van der Waals surface area contributed by atoms with Gasteiger partial charge in [0.15, 0.2) is 5.78 Å². The minimum absolute atomic E-state index is 0.0278. The summed E-state index contributed by atoms with van der Waals surface area (Å²) in [4.78, 5) is 27.4. The number of carbonyl (C=O) groups is 2. The van der Waals surface area contributed by atoms with E-state index in [0.717, 1.165) is 22.2 Å². The molecule has 0 aliphatic heterocycles. The lowest BCUT2D eigenvalue weighted by atomic mass is 10.1. The molecule has 1 amide bonds. The van der Waals surface area contributed by atoms with Gasteiger partial charge in [-0.2, -0.15) is 0 Å². The number of aryl methyl sites for hydroxylation is 2. The quantitative estimate of drug-likeness (QED) is 0.711. The highest BCUT2D eigenvalue weighted by Gasteiger charge is 2.17. The van der Waals surface area contributed by atoms with Gasteiger partial charge in [-0.25, -0.2) is 0 Å². The van der Waals surface area contributed by atoms with Crippen LogP contribution in [-0.4, -0.2) is 16.7 Å². The highest BCUT2D eigenvalue weighted by Crippen LogP contribution is 2.25. The van der Waals surface area contributed by atoms with Gasteiger partial charge in [0.25, 0.3) is 5.91 Å². The van der Waals surface area contributed by atoms with Gasteiger partial charge in [0.1, 0.15) is 0 Å². The molecule has 0 atom stereocenters. The molecule has 4 heteroatoms. The number of H-pyrrole nitrogens is 1. The predicted octanol–water partition coefficient (Wildman–Crippen LogP) is 4.24. The van der Waals surface area contributed by atoms with Gasteiger partial charge in [0.05, 0.1) is 5.56 Å². The van der Waals surface area contributed by atoms with E-state index in [-0.39, 0.29) is 11.7 Å². The number of ketones is 1. The molecule has 116 valence electrons. The summed E-state index contributed by atoms with van der Waals surface area (Å²) in [5.74, 6) is -0.208. The average Bonchev–Trinajstić information content (AvgIpc) is 2.85. The number of Topliss-reactive ketones (excluding diaryl/α,β-unsaturated/α-hetero) is 1. The molecule has 3 aromatic rings. The van der Waals surface area contributed by atoms with Crippen molar-refractivity contribution in [3.8, 4) is 0 Å². The first-order valence-electron chi connectivity index (χ1n) is 7.47. The van der Waals surface area contributed by atoms with Crippen LogP contribution in [0.15, 0.2) is 42.5 Å². The van der Waals surface area contributed by atoms with Crippen LogP contribution >= 0.6 is 0 Å². The number of hydrogen-bond donors (Lipinski definition) is 2. The lowest BCUT2D eigenvalue weighted by Gasteiger charge is -2.07. The Kier molecular flexibility index (Phi) is 3.74. The maximum Gasteiger partial charge on any atom is 0.258 e. The zero-order valence-electron chi connectivity index (χ0n) is 13.4. The van der Waals surface area contributed by atoms with Crippen molar-refractivity contribution in [3.05, 3.63) is 64.8 Å². The molecule has 23 heavy (non-hydrogen) atoms. The van der Waals surface area contributed by atoms with E-state index in [0.29, 0.717) is 16.8 Å². The smallest absolute Gasteiger partial charge is 0.258 e. The minimum atomic E-state index is -0.181. The highest BCUT2D eigenvalue weighted by molar-refractivity contribution is 6.14. The summed E-state index contributed by atoms with van der Waals surface area (Å²) in [7, 11) is 0. The number of amides is 1. The van der Waals surface area contributed by atoms with Crippen LogP contribution in [0.25, 0.3) is 10.9 Å². The largest absolute Gasteiger partial charge is 0.358 e. The Hall–Kier alpha value is -2.88. The van der Waals surface area contributed by atoms with Crippen molar-refractivity contribution < 1.29 is 9.59 Å². The normalized spacial score (nSPS) is 10.7. The SMILES string of the molecule is CC(=O)c1cccc(NC(=O)c2c(C)[nH]c3c(C)cccc23)c1. The van der Waals surface area contributed by atoms with Gasteiger partial charge in [-0.05, 0) is 38.5 Å². The van der Waals surface area contributed by atoms with E-state index >= 15 is 0 Å². The van der Waals surface area contributed by atoms with Crippen molar-refractivity contribution >= 4 is 28.3 Å². The summed E-state index contributed by atoms with van der Waals surface area (Å²) in [5.41, 5.74) is 4.74. The van der Waals surface area contributed by atoms with Gasteiger partial charge in [-0.3, -0.25) is 9.59 Å². The molecule has 0 unspecified atom stereocenters. The molecule has 2 aromatic carbocycles. The second-order valence-electron chi connectivity index (χ2n) is 5.71. The van der Waals surface area contributed by atoms with Gasteiger partial charge in [-0.1, -0.05) is 30.3 Å². The Labute approximate surface area is 134 Å². The molecule has 0 aliphatic rings. The van der Waals surface area contributed by atoms with Gasteiger partial charge in [0.2, 0.25) is 0 Å². The topological polar surface area (TPSA) is 62.0 Å². The molecule has 1 aromatic heterocycles. The van der Waals surface area contributed by atoms with Crippen molar-refractivity contribution in [1.29, 1.82) is 0 Å². The van der Waals surface area contributed by atoms with Crippen molar-refractivity contribution in [2.45, 2.75) is 20.8 Å². The summed E-state index contributed by atoms with van der Waals surface area (Å²) in [6, 6.07) is 12.9. The molecule has 0 radical (unpaired) electrons. The number of carbonyl (C=O) groups excluding carboxylic acids is 2. The Morgan fingerprint density at radius 1 is 1.04 bits per heavy atom. The fourth-order valence-corrected chi connectivity index (χ4v) is 2.80. The van der Waals surface area contributed by atoms with Crippen molar-refractivity contribution in [3.63, 3.8) is 0 Å². The van der Waals surface area contributed by atoms with E-state index in [2.05, 4.69) is 10.3 Å². The monoisotopic (exact) mass is 306 g/mol. The molecule has 2 N–H and O–H groups in total. The van der Waals surface area contributed by atoms with Gasteiger partial charge >= 0.3 is 0 Å². The fourth-order valence-electron chi connectivity index (χ4n) is 2.80. The number of rotatable bonds is 3. The summed E-state index contributed by atoms with van der Waals surface area (Å²) in [6.07, 6.45) is 0. The van der Waals surface area contributed by atoms with Gasteiger partial charge < -0.3 is 10.3 Å². The van der Waals surface area contributed by atoms with Crippen molar-refractivity contribution in [2.24, 2.45) is 0 Å². The Morgan fingerprint density at radius 3 is 2.52 bits per heavy atom. The van der Waals surface area contributed by atoms with E-state index in [1.807, 2.05) is 32.0 Å². The predicted molar refractivity (Wildman–Crippen MR) is 92.2 cm³/mol. The van der Waals surface area contributed by atoms with Crippen LogP contribution in [0.4, 0.5) is 5.69 Å². The number of para-hydroxylation sites is 1. The van der Waals surface area contributed by atoms with Crippen LogP contribution < -0.4 is 5.32 Å². The van der Waals surface area contributed by atoms with Crippen molar-refractivity contribution in [1.82, 2.24) is 4.98 Å². The lowest BCUT2D eigenvalue weighted by molar-refractivity contribution is 0.101.